The summed E-state index contributed by atoms with van der Waals surface area (Å²) in [6.07, 6.45) is -0.130. The molecule has 7 nitrogen and oxygen atoms in total. The molecular weight excluding hydrogens is 369 g/mol. The summed E-state index contributed by atoms with van der Waals surface area (Å²) in [6, 6.07) is 9.91. The molecule has 1 amide bonds. The highest BCUT2D eigenvalue weighted by Crippen LogP contribution is 2.24. The summed E-state index contributed by atoms with van der Waals surface area (Å²) in [5, 5.41) is 15.3. The second kappa shape index (κ2) is 6.76. The van der Waals surface area contributed by atoms with Gasteiger partial charge in [0, 0.05) is 11.3 Å². The van der Waals surface area contributed by atoms with E-state index in [1.165, 1.54) is 28.0 Å². The van der Waals surface area contributed by atoms with E-state index in [0.29, 0.717) is 22.5 Å². The Hall–Kier alpha value is -3.33. The van der Waals surface area contributed by atoms with Gasteiger partial charge in [0.25, 0.3) is 5.56 Å². The molecule has 0 radical (unpaired) electrons. The third-order valence-electron chi connectivity index (χ3n) is 4.11. The molecule has 0 saturated heterocycles. The maximum Gasteiger partial charge on any atom is 0.290 e. The molecular formula is C18H14FN5O2S. The van der Waals surface area contributed by atoms with Crippen LogP contribution >= 0.6 is 11.3 Å². The molecule has 4 rings (SSSR count). The number of hydrogen-bond donors (Lipinski definition) is 2. The van der Waals surface area contributed by atoms with Crippen molar-refractivity contribution in [3.63, 3.8) is 0 Å². The number of amides is 1. The summed E-state index contributed by atoms with van der Waals surface area (Å²) in [6.45, 7) is 1.59. The monoisotopic (exact) mass is 383 g/mol. The number of halogens is 1. The third kappa shape index (κ3) is 3.24. The van der Waals surface area contributed by atoms with Crippen molar-refractivity contribution in [3.05, 3.63) is 69.3 Å². The van der Waals surface area contributed by atoms with Crippen molar-refractivity contribution in [1.82, 2.24) is 19.8 Å². The van der Waals surface area contributed by atoms with Crippen LogP contribution in [0, 0.1) is 12.7 Å². The van der Waals surface area contributed by atoms with Crippen LogP contribution < -0.4 is 10.9 Å². The Kier molecular flexibility index (Phi) is 4.28. The fourth-order valence-corrected chi connectivity index (χ4v) is 3.38. The fraction of sp³-hybridized carbons (Fsp3) is 0.111. The minimum absolute atomic E-state index is 0.130. The second-order valence-corrected chi connectivity index (χ2v) is 6.86. The van der Waals surface area contributed by atoms with Gasteiger partial charge in [0.2, 0.25) is 5.91 Å². The standard InChI is InChI=1S/C18H14FN5O2S/c1-10-11(19)4-2-5-12(10)20-17(25)9-16-21-22-18(26)14-8-13(23-24(14)16)15-6-3-7-27-15/h2-8H,9H2,1H3,(H,20,25)(H,22,26). The number of benzene rings is 1. The highest BCUT2D eigenvalue weighted by Gasteiger charge is 2.16. The zero-order valence-corrected chi connectivity index (χ0v) is 15.0. The van der Waals surface area contributed by atoms with E-state index >= 15 is 0 Å². The first-order valence-electron chi connectivity index (χ1n) is 8.09. The maximum atomic E-state index is 13.6. The number of H-pyrrole nitrogens is 1. The molecule has 9 heteroatoms. The molecule has 0 aliphatic carbocycles. The van der Waals surface area contributed by atoms with E-state index in [2.05, 4.69) is 20.6 Å². The van der Waals surface area contributed by atoms with Crippen LogP contribution in [0.15, 0.2) is 46.6 Å². The summed E-state index contributed by atoms with van der Waals surface area (Å²) < 4.78 is 15.0. The first kappa shape index (κ1) is 17.1. The van der Waals surface area contributed by atoms with Crippen molar-refractivity contribution in [2.75, 3.05) is 5.32 Å². The lowest BCUT2D eigenvalue weighted by Gasteiger charge is -2.09. The molecule has 2 N–H and O–H groups in total. The Labute approximate surface area is 156 Å². The number of nitrogens with one attached hydrogen (secondary N) is 2. The number of aromatic nitrogens is 4. The first-order valence-corrected chi connectivity index (χ1v) is 8.97. The third-order valence-corrected chi connectivity index (χ3v) is 5.00. The largest absolute Gasteiger partial charge is 0.325 e. The minimum Gasteiger partial charge on any atom is -0.325 e. The van der Waals surface area contributed by atoms with Crippen LogP contribution in [-0.4, -0.2) is 25.7 Å². The summed E-state index contributed by atoms with van der Waals surface area (Å²) in [5.74, 6) is -0.512. The van der Waals surface area contributed by atoms with E-state index in [4.69, 9.17) is 0 Å². The lowest BCUT2D eigenvalue weighted by Crippen LogP contribution is -2.22. The van der Waals surface area contributed by atoms with Gasteiger partial charge in [-0.25, -0.2) is 14.0 Å². The number of carbonyl (C=O) groups excluding carboxylic acids is 1. The van der Waals surface area contributed by atoms with Gasteiger partial charge in [0.05, 0.1) is 11.3 Å². The lowest BCUT2D eigenvalue weighted by molar-refractivity contribution is -0.115. The number of hydrogen-bond acceptors (Lipinski definition) is 5. The van der Waals surface area contributed by atoms with Gasteiger partial charge in [0.15, 0.2) is 5.82 Å². The topological polar surface area (TPSA) is 92.1 Å². The predicted molar refractivity (Wildman–Crippen MR) is 100 cm³/mol. The SMILES string of the molecule is Cc1c(F)cccc1NC(=O)Cc1n[nH]c(=O)c2cc(-c3cccs3)nn12. The summed E-state index contributed by atoms with van der Waals surface area (Å²) >= 11 is 1.50. The predicted octanol–water partition coefficient (Wildman–Crippen LogP) is 2.77. The molecule has 0 aliphatic rings. The Bertz CT molecular complexity index is 1200. The molecule has 0 atom stereocenters. The van der Waals surface area contributed by atoms with Crippen LogP contribution in [0.5, 0.6) is 0 Å². The summed E-state index contributed by atoms with van der Waals surface area (Å²) in [5.41, 5.74) is 1.28. The molecule has 3 aromatic heterocycles. The van der Waals surface area contributed by atoms with Crippen molar-refractivity contribution in [2.45, 2.75) is 13.3 Å². The van der Waals surface area contributed by atoms with E-state index in [1.54, 1.807) is 19.1 Å². The summed E-state index contributed by atoms with van der Waals surface area (Å²) in [4.78, 5) is 25.4. The fourth-order valence-electron chi connectivity index (χ4n) is 2.70. The van der Waals surface area contributed by atoms with Crippen LogP contribution in [0.2, 0.25) is 0 Å². The van der Waals surface area contributed by atoms with E-state index in [1.807, 2.05) is 17.5 Å². The molecule has 0 saturated carbocycles. The summed E-state index contributed by atoms with van der Waals surface area (Å²) in [7, 11) is 0. The Morgan fingerprint density at radius 2 is 2.19 bits per heavy atom. The van der Waals surface area contributed by atoms with Gasteiger partial charge >= 0.3 is 0 Å². The highest BCUT2D eigenvalue weighted by molar-refractivity contribution is 7.13. The van der Waals surface area contributed by atoms with Crippen molar-refractivity contribution >= 4 is 28.4 Å². The van der Waals surface area contributed by atoms with E-state index in [9.17, 15) is 14.0 Å². The second-order valence-electron chi connectivity index (χ2n) is 5.91. The Balaban J connectivity index is 1.65. The number of aromatic amines is 1. The molecule has 0 spiro atoms. The van der Waals surface area contributed by atoms with Gasteiger partial charge in [-0.05, 0) is 36.6 Å². The van der Waals surface area contributed by atoms with Gasteiger partial charge in [-0.2, -0.15) is 10.2 Å². The number of carbonyl (C=O) groups is 1. The number of anilines is 1. The number of thiophene rings is 1. The lowest BCUT2D eigenvalue weighted by atomic mass is 10.2. The van der Waals surface area contributed by atoms with Crippen molar-refractivity contribution in [1.29, 1.82) is 0 Å². The first-order chi connectivity index (χ1) is 13.0. The van der Waals surface area contributed by atoms with Gasteiger partial charge in [-0.3, -0.25) is 9.59 Å². The van der Waals surface area contributed by atoms with E-state index < -0.39 is 17.3 Å². The molecule has 1 aromatic carbocycles. The molecule has 0 bridgehead atoms. The van der Waals surface area contributed by atoms with Gasteiger partial charge in [-0.15, -0.1) is 11.3 Å². The van der Waals surface area contributed by atoms with Crippen LogP contribution in [0.4, 0.5) is 10.1 Å². The van der Waals surface area contributed by atoms with Crippen LogP contribution in [0.25, 0.3) is 16.1 Å². The molecule has 0 aliphatic heterocycles. The average Bonchev–Trinajstić information content (AvgIpc) is 3.31. The molecule has 136 valence electrons. The van der Waals surface area contributed by atoms with Crippen molar-refractivity contribution in [2.24, 2.45) is 0 Å². The van der Waals surface area contributed by atoms with Crippen molar-refractivity contribution in [3.8, 4) is 10.6 Å². The number of fused-ring (bicyclic) bond motifs is 1. The van der Waals surface area contributed by atoms with Gasteiger partial charge in [-0.1, -0.05) is 12.1 Å². The molecule has 27 heavy (non-hydrogen) atoms. The quantitative estimate of drug-likeness (QED) is 0.567. The zero-order valence-electron chi connectivity index (χ0n) is 14.2. The smallest absolute Gasteiger partial charge is 0.290 e. The molecule has 0 unspecified atom stereocenters. The average molecular weight is 383 g/mol. The normalized spacial score (nSPS) is 11.0. The highest BCUT2D eigenvalue weighted by atomic mass is 32.1. The van der Waals surface area contributed by atoms with Gasteiger partial charge in [0.1, 0.15) is 17.0 Å². The van der Waals surface area contributed by atoms with Crippen LogP contribution in [-0.2, 0) is 11.2 Å². The minimum atomic E-state index is -0.398. The molecule has 3 heterocycles. The Morgan fingerprint density at radius 3 is 2.96 bits per heavy atom. The van der Waals surface area contributed by atoms with Gasteiger partial charge < -0.3 is 5.32 Å². The molecule has 0 fully saturated rings. The molecule has 4 aromatic rings. The maximum absolute atomic E-state index is 13.6. The van der Waals surface area contributed by atoms with Crippen LogP contribution in [0.1, 0.15) is 11.4 Å². The van der Waals surface area contributed by atoms with Crippen LogP contribution in [0.3, 0.4) is 0 Å². The van der Waals surface area contributed by atoms with E-state index in [0.717, 1.165) is 4.88 Å². The number of rotatable bonds is 4. The number of nitrogens with zero attached hydrogens (tertiary/aromatic N) is 3. The Morgan fingerprint density at radius 1 is 1.33 bits per heavy atom. The van der Waals surface area contributed by atoms with Crippen molar-refractivity contribution < 1.29 is 9.18 Å². The van der Waals surface area contributed by atoms with E-state index in [-0.39, 0.29) is 12.2 Å². The zero-order chi connectivity index (χ0) is 19.0.